The van der Waals surface area contributed by atoms with Gasteiger partial charge >= 0.3 is 0 Å². The van der Waals surface area contributed by atoms with Gasteiger partial charge in [0.05, 0.1) is 0 Å². The highest BCUT2D eigenvalue weighted by molar-refractivity contribution is 9.17. The smallest absolute Gasteiger partial charge is 0.0116 e. The lowest BCUT2D eigenvalue weighted by molar-refractivity contribution is 1.11. The highest BCUT2D eigenvalue weighted by Gasteiger charge is 2.02. The Hall–Kier alpha value is 1.75. The fraction of sp³-hybridized carbons (Fsp3) is 1.00. The zero-order valence-electron chi connectivity index (χ0n) is 7.40. The van der Waals surface area contributed by atoms with Crippen LogP contribution in [0.1, 0.15) is 13.3 Å². The highest BCUT2D eigenvalue weighted by atomic mass is 33.5. The van der Waals surface area contributed by atoms with Crippen molar-refractivity contribution in [2.45, 2.75) is 13.3 Å². The molecule has 0 rings (SSSR count). The van der Waals surface area contributed by atoms with Gasteiger partial charge in [-0.25, -0.2) is 0 Å². The van der Waals surface area contributed by atoms with Crippen molar-refractivity contribution in [3.8, 4) is 0 Å². The number of hydrogen-bond donors (Lipinski definition) is 3. The molecule has 76 valence electrons. The quantitative estimate of drug-likeness (QED) is 0.452. The lowest BCUT2D eigenvalue weighted by atomic mass is 10.6. The van der Waals surface area contributed by atoms with Gasteiger partial charge in [-0.15, -0.1) is 21.6 Å². The summed E-state index contributed by atoms with van der Waals surface area (Å²) in [7, 11) is 4.37. The van der Waals surface area contributed by atoms with Crippen molar-refractivity contribution in [1.82, 2.24) is 0 Å². The van der Waals surface area contributed by atoms with Crippen LogP contribution in [0.5, 0.6) is 0 Å². The minimum Gasteiger partial charge on any atom is -0.178 e. The molecule has 0 heterocycles. The summed E-state index contributed by atoms with van der Waals surface area (Å²) in [6.07, 6.45) is 1.31. The monoisotopic (exact) mass is 262 g/mol. The Morgan fingerprint density at radius 3 is 1.92 bits per heavy atom. The fourth-order valence-electron chi connectivity index (χ4n) is 0.634. The lowest BCUT2D eigenvalue weighted by Gasteiger charge is -2.18. The second-order valence-corrected chi connectivity index (χ2v) is 10.4. The summed E-state index contributed by atoms with van der Waals surface area (Å²) in [5.41, 5.74) is 0. The molecule has 0 aliphatic heterocycles. The molecule has 0 nitrogen and oxygen atoms in total. The van der Waals surface area contributed by atoms with E-state index in [0.717, 1.165) is 11.5 Å². The zero-order chi connectivity index (χ0) is 9.23. The van der Waals surface area contributed by atoms with Crippen LogP contribution in [-0.2, 0) is 0 Å². The first-order valence-corrected chi connectivity index (χ1v) is 10.1. The molecule has 0 saturated heterocycles. The average Bonchev–Trinajstić information content (AvgIpc) is 2.10. The topological polar surface area (TPSA) is 0 Å². The van der Waals surface area contributed by atoms with Crippen molar-refractivity contribution in [3.63, 3.8) is 0 Å². The Balaban J connectivity index is 3.40. The minimum atomic E-state index is 0.163. The second-order valence-electron chi connectivity index (χ2n) is 2.17. The van der Waals surface area contributed by atoms with Gasteiger partial charge in [0, 0.05) is 23.0 Å². The van der Waals surface area contributed by atoms with Crippen LogP contribution in [0, 0.1) is 0 Å². The van der Waals surface area contributed by atoms with Crippen molar-refractivity contribution in [3.05, 3.63) is 0 Å². The van der Waals surface area contributed by atoms with Gasteiger partial charge in [-0.3, -0.25) is 0 Å². The molecule has 0 bridgehead atoms. The first-order valence-electron chi connectivity index (χ1n) is 4.10. The second kappa shape index (κ2) is 10.8. The van der Waals surface area contributed by atoms with Gasteiger partial charge in [0.1, 0.15) is 0 Å². The van der Waals surface area contributed by atoms with E-state index in [9.17, 15) is 0 Å². The van der Waals surface area contributed by atoms with Crippen LogP contribution in [0.15, 0.2) is 0 Å². The molecule has 0 aromatic rings. The number of thiol groups is 3. The van der Waals surface area contributed by atoms with Crippen LogP contribution in [-0.4, -0.2) is 28.8 Å². The van der Waals surface area contributed by atoms with Gasteiger partial charge < -0.3 is 0 Å². The van der Waals surface area contributed by atoms with Crippen LogP contribution in [0.3, 0.4) is 0 Å². The summed E-state index contributed by atoms with van der Waals surface area (Å²) in [5.74, 6) is 5.80. The molecule has 5 heteroatoms. The van der Waals surface area contributed by atoms with Gasteiger partial charge in [-0.05, 0) is 12.2 Å². The molecule has 0 saturated carbocycles. The number of hydrogen-bond acceptors (Lipinski definition) is 4. The molecule has 0 aliphatic carbocycles. The summed E-state index contributed by atoms with van der Waals surface area (Å²) in [6, 6.07) is 0. The van der Waals surface area contributed by atoms with E-state index < -0.39 is 0 Å². The molecule has 12 heavy (non-hydrogen) atoms. The first kappa shape index (κ1) is 13.8. The maximum absolute atomic E-state index is 4.22. The minimum absolute atomic E-state index is 0.163. The van der Waals surface area contributed by atoms with Gasteiger partial charge in [0.15, 0.2) is 0 Å². The van der Waals surface area contributed by atoms with E-state index in [1.807, 2.05) is 0 Å². The lowest BCUT2D eigenvalue weighted by Crippen LogP contribution is -1.86. The molecule has 0 radical (unpaired) electrons. The largest absolute Gasteiger partial charge is 0.178 e. The Morgan fingerprint density at radius 2 is 1.58 bits per heavy atom. The molecule has 0 amide bonds. The third-order valence-corrected chi connectivity index (χ3v) is 10.1. The van der Waals surface area contributed by atoms with E-state index in [1.54, 1.807) is 0 Å². The molecular formula is C7H18S5. The molecule has 0 unspecified atom stereocenters. The maximum Gasteiger partial charge on any atom is 0.0116 e. The standard InChI is InChI=1S/C7H18S5/c1-2-7-12(10-5-3-8)11-6-4-9/h8-9,12H,2-7H2,1H3. The average molecular weight is 263 g/mol. The van der Waals surface area contributed by atoms with Gasteiger partial charge in [-0.2, -0.15) is 34.2 Å². The first-order chi connectivity index (χ1) is 5.85. The summed E-state index contributed by atoms with van der Waals surface area (Å²) >= 11 is 8.44. The third-order valence-electron chi connectivity index (χ3n) is 1.06. The zero-order valence-corrected chi connectivity index (χ0v) is 11.7. The molecule has 0 atom stereocenters. The van der Waals surface area contributed by atoms with E-state index in [2.05, 4.69) is 53.8 Å². The van der Waals surface area contributed by atoms with E-state index >= 15 is 0 Å². The SMILES string of the molecule is CCC[SH](SCCS)SCCS. The van der Waals surface area contributed by atoms with Gasteiger partial charge in [0.25, 0.3) is 0 Å². The van der Waals surface area contributed by atoms with Gasteiger partial charge in [0.2, 0.25) is 0 Å². The maximum atomic E-state index is 4.22. The molecule has 0 N–H and O–H groups in total. The van der Waals surface area contributed by atoms with E-state index in [4.69, 9.17) is 0 Å². The third kappa shape index (κ3) is 8.35. The van der Waals surface area contributed by atoms with Crippen molar-refractivity contribution in [1.29, 1.82) is 0 Å². The van der Waals surface area contributed by atoms with Crippen LogP contribution in [0.4, 0.5) is 0 Å². The van der Waals surface area contributed by atoms with E-state index in [-0.39, 0.29) is 8.96 Å². The molecule has 0 aromatic heterocycles. The van der Waals surface area contributed by atoms with Gasteiger partial charge in [-0.1, -0.05) is 6.92 Å². The fourth-order valence-corrected chi connectivity index (χ4v) is 9.19. The molecule has 0 aromatic carbocycles. The van der Waals surface area contributed by atoms with E-state index in [1.165, 1.54) is 23.7 Å². The van der Waals surface area contributed by atoms with Crippen molar-refractivity contribution in [2.24, 2.45) is 0 Å². The Labute approximate surface area is 97.4 Å². The molecule has 0 fully saturated rings. The highest BCUT2D eigenvalue weighted by Crippen LogP contribution is 2.52. The van der Waals surface area contributed by atoms with Crippen LogP contribution in [0.25, 0.3) is 0 Å². The summed E-state index contributed by atoms with van der Waals surface area (Å²) in [4.78, 5) is 0. The van der Waals surface area contributed by atoms with Crippen LogP contribution < -0.4 is 0 Å². The van der Waals surface area contributed by atoms with Crippen LogP contribution in [0.2, 0.25) is 0 Å². The predicted molar refractivity (Wildman–Crippen MR) is 76.8 cm³/mol. The van der Waals surface area contributed by atoms with Crippen molar-refractivity contribution < 1.29 is 0 Å². The summed E-state index contributed by atoms with van der Waals surface area (Å²) in [6.45, 7) is 2.26. The van der Waals surface area contributed by atoms with Crippen molar-refractivity contribution in [2.75, 3.05) is 28.8 Å². The number of rotatable bonds is 8. The summed E-state index contributed by atoms with van der Waals surface area (Å²) < 4.78 is 0. The van der Waals surface area contributed by atoms with E-state index in [0.29, 0.717) is 0 Å². The normalized spacial score (nSPS) is 11.8. The van der Waals surface area contributed by atoms with Crippen LogP contribution >= 0.6 is 55.8 Å². The molecular weight excluding hydrogens is 244 g/mol. The van der Waals surface area contributed by atoms with Crippen molar-refractivity contribution >= 4 is 55.8 Å². The molecule has 0 spiro atoms. The Bertz CT molecular complexity index is 79.9. The Kier molecular flexibility index (Phi) is 12.4. The molecule has 0 aliphatic rings. The summed E-state index contributed by atoms with van der Waals surface area (Å²) in [5, 5.41) is 0. The predicted octanol–water partition coefficient (Wildman–Crippen LogP) is 3.55. The Morgan fingerprint density at radius 1 is 1.08 bits per heavy atom.